The second kappa shape index (κ2) is 13.6. The molecule has 0 spiro atoms. The molecule has 2 saturated heterocycles. The van der Waals surface area contributed by atoms with Crippen molar-refractivity contribution in [2.75, 3.05) is 52.9 Å². The highest BCUT2D eigenvalue weighted by atomic mass is 19.4. The van der Waals surface area contributed by atoms with Crippen LogP contribution in [0, 0.1) is 5.92 Å². The van der Waals surface area contributed by atoms with E-state index in [4.69, 9.17) is 0 Å². The van der Waals surface area contributed by atoms with Crippen molar-refractivity contribution in [1.29, 1.82) is 0 Å². The predicted octanol–water partition coefficient (Wildman–Crippen LogP) is 5.16. The van der Waals surface area contributed by atoms with Crippen LogP contribution in [0.1, 0.15) is 45.6 Å². The SMILES string of the molecule is CC.CC1CCCN(C(=O)CCN2CCN(C)CC2)C1.FC(F)(F)c1cccc2cccnc12. The van der Waals surface area contributed by atoms with Crippen molar-refractivity contribution in [3.8, 4) is 0 Å². The number of rotatable bonds is 3. The fraction of sp³-hybridized carbons (Fsp3) is 0.615. The van der Waals surface area contributed by atoms with Crippen LogP contribution < -0.4 is 0 Å². The molecule has 2 aliphatic rings. The Kier molecular flexibility index (Phi) is 11.2. The van der Waals surface area contributed by atoms with Gasteiger partial charge in [0.2, 0.25) is 5.91 Å². The summed E-state index contributed by atoms with van der Waals surface area (Å²) in [6.45, 7) is 13.6. The molecule has 1 aromatic carbocycles. The van der Waals surface area contributed by atoms with E-state index in [0.717, 1.165) is 51.9 Å². The zero-order chi connectivity index (χ0) is 25.1. The third kappa shape index (κ3) is 8.55. The number of likely N-dealkylation sites (N-methyl/N-ethyl adjacent to an activating group) is 1. The Labute approximate surface area is 201 Å². The Morgan fingerprint density at radius 3 is 2.38 bits per heavy atom. The van der Waals surface area contributed by atoms with Gasteiger partial charge in [-0.25, -0.2) is 0 Å². The molecule has 3 heterocycles. The first kappa shape index (κ1) is 28.1. The summed E-state index contributed by atoms with van der Waals surface area (Å²) >= 11 is 0. The molecular formula is C26H39F3N4O. The van der Waals surface area contributed by atoms with Gasteiger partial charge >= 0.3 is 6.18 Å². The Bertz CT molecular complexity index is 876. The minimum absolute atomic E-state index is 0.00231. The second-order valence-electron chi connectivity index (χ2n) is 8.86. The molecule has 2 fully saturated rings. The zero-order valence-corrected chi connectivity index (χ0v) is 20.9. The summed E-state index contributed by atoms with van der Waals surface area (Å²) in [4.78, 5) is 22.7. The van der Waals surface area contributed by atoms with Crippen LogP contribution >= 0.6 is 0 Å². The number of fused-ring (bicyclic) bond motifs is 1. The van der Waals surface area contributed by atoms with E-state index in [1.807, 2.05) is 13.8 Å². The van der Waals surface area contributed by atoms with Crippen molar-refractivity contribution in [2.24, 2.45) is 5.92 Å². The van der Waals surface area contributed by atoms with Crippen LogP contribution in [0.5, 0.6) is 0 Å². The molecule has 0 N–H and O–H groups in total. The first-order valence-electron chi connectivity index (χ1n) is 12.3. The minimum Gasteiger partial charge on any atom is -0.342 e. The Morgan fingerprint density at radius 2 is 1.74 bits per heavy atom. The Morgan fingerprint density at radius 1 is 1.06 bits per heavy atom. The molecule has 5 nitrogen and oxygen atoms in total. The highest BCUT2D eigenvalue weighted by molar-refractivity contribution is 5.82. The number of carbonyl (C=O) groups is 1. The van der Waals surface area contributed by atoms with Crippen LogP contribution in [-0.2, 0) is 11.0 Å². The van der Waals surface area contributed by atoms with E-state index in [0.29, 0.717) is 23.6 Å². The summed E-state index contributed by atoms with van der Waals surface area (Å²) in [5, 5.41) is 0.502. The number of nitrogens with zero attached hydrogens (tertiary/aromatic N) is 4. The molecule has 2 aliphatic heterocycles. The van der Waals surface area contributed by atoms with Gasteiger partial charge in [-0.3, -0.25) is 9.78 Å². The fourth-order valence-corrected chi connectivity index (χ4v) is 4.23. The van der Waals surface area contributed by atoms with Crippen molar-refractivity contribution in [3.05, 3.63) is 42.1 Å². The van der Waals surface area contributed by atoms with Crippen LogP contribution in [0.4, 0.5) is 13.2 Å². The number of hydrogen-bond donors (Lipinski definition) is 0. The number of benzene rings is 1. The average Bonchev–Trinajstić information content (AvgIpc) is 2.84. The Hall–Kier alpha value is -2.19. The van der Waals surface area contributed by atoms with Gasteiger partial charge in [0.05, 0.1) is 11.1 Å². The lowest BCUT2D eigenvalue weighted by Gasteiger charge is -2.34. The normalized spacial score (nSPS) is 19.6. The fourth-order valence-electron chi connectivity index (χ4n) is 4.23. The maximum absolute atomic E-state index is 12.5. The number of likely N-dealkylation sites (tertiary alicyclic amines) is 1. The van der Waals surface area contributed by atoms with Crippen LogP contribution in [0.2, 0.25) is 0 Å². The largest absolute Gasteiger partial charge is 0.418 e. The molecule has 1 atom stereocenters. The van der Waals surface area contributed by atoms with Gasteiger partial charge in [0.15, 0.2) is 0 Å². The number of piperazine rings is 1. The first-order chi connectivity index (χ1) is 16.2. The third-order valence-corrected chi connectivity index (χ3v) is 6.19. The van der Waals surface area contributed by atoms with Gasteiger partial charge < -0.3 is 14.7 Å². The van der Waals surface area contributed by atoms with E-state index in [1.165, 1.54) is 25.1 Å². The van der Waals surface area contributed by atoms with Crippen molar-refractivity contribution in [3.63, 3.8) is 0 Å². The standard InChI is InChI=1S/C14H27N3O.C10H6F3N.C2H6/c1-13-4-3-6-17(12-13)14(18)5-7-16-10-8-15(2)9-11-16;11-10(12,13)8-5-1-3-7-4-2-6-14-9(7)8;1-2/h13H,3-12H2,1-2H3;1-6H;1-2H3. The van der Waals surface area contributed by atoms with Crippen LogP contribution in [0.15, 0.2) is 36.5 Å². The molecule has 8 heteroatoms. The van der Waals surface area contributed by atoms with Gasteiger partial charge in [-0.2, -0.15) is 13.2 Å². The number of carbonyl (C=O) groups excluding carboxylic acids is 1. The quantitative estimate of drug-likeness (QED) is 0.608. The van der Waals surface area contributed by atoms with E-state index in [1.54, 1.807) is 18.2 Å². The van der Waals surface area contributed by atoms with Gasteiger partial charge in [0.25, 0.3) is 0 Å². The van der Waals surface area contributed by atoms with Gasteiger partial charge in [-0.15, -0.1) is 0 Å². The summed E-state index contributed by atoms with van der Waals surface area (Å²) in [7, 11) is 2.16. The van der Waals surface area contributed by atoms with Gasteiger partial charge in [0.1, 0.15) is 0 Å². The molecule has 0 radical (unpaired) electrons. The van der Waals surface area contributed by atoms with Crippen LogP contribution in [0.25, 0.3) is 10.9 Å². The number of amides is 1. The van der Waals surface area contributed by atoms with E-state index in [9.17, 15) is 18.0 Å². The minimum atomic E-state index is -4.34. The highest BCUT2D eigenvalue weighted by Crippen LogP contribution is 2.33. The number of alkyl halides is 3. The summed E-state index contributed by atoms with van der Waals surface area (Å²) in [6.07, 6.45) is 0.186. The topological polar surface area (TPSA) is 39.7 Å². The summed E-state index contributed by atoms with van der Waals surface area (Å²) in [5.74, 6) is 1.05. The number of hydrogen-bond acceptors (Lipinski definition) is 4. The molecule has 0 aliphatic carbocycles. The van der Waals surface area contributed by atoms with Crippen molar-refractivity contribution in [1.82, 2.24) is 19.7 Å². The summed E-state index contributed by atoms with van der Waals surface area (Å²) < 4.78 is 37.4. The van der Waals surface area contributed by atoms with E-state index < -0.39 is 11.7 Å². The van der Waals surface area contributed by atoms with Crippen LogP contribution in [-0.4, -0.2) is 78.5 Å². The molecule has 0 bridgehead atoms. The molecule has 1 unspecified atom stereocenters. The van der Waals surface area contributed by atoms with E-state index >= 15 is 0 Å². The second-order valence-corrected chi connectivity index (χ2v) is 8.86. The van der Waals surface area contributed by atoms with Gasteiger partial charge in [-0.1, -0.05) is 39.0 Å². The number of aromatic nitrogens is 1. The molecule has 190 valence electrons. The Balaban J connectivity index is 0.000000230. The lowest BCUT2D eigenvalue weighted by Crippen LogP contribution is -2.46. The van der Waals surface area contributed by atoms with Crippen molar-refractivity contribution >= 4 is 16.8 Å². The lowest BCUT2D eigenvalue weighted by molar-refractivity contribution is -0.136. The average molecular weight is 481 g/mol. The summed E-state index contributed by atoms with van der Waals surface area (Å²) in [6, 6.07) is 7.25. The summed E-state index contributed by atoms with van der Waals surface area (Å²) in [5.41, 5.74) is -0.682. The molecule has 1 amide bonds. The van der Waals surface area contributed by atoms with E-state index in [2.05, 4.69) is 33.7 Å². The number of pyridine rings is 1. The van der Waals surface area contributed by atoms with Gasteiger partial charge in [-0.05, 0) is 37.9 Å². The number of halogens is 3. The third-order valence-electron chi connectivity index (χ3n) is 6.19. The monoisotopic (exact) mass is 480 g/mol. The molecule has 0 saturated carbocycles. The van der Waals surface area contributed by atoms with Crippen molar-refractivity contribution < 1.29 is 18.0 Å². The molecular weight excluding hydrogens is 441 g/mol. The molecule has 4 rings (SSSR count). The smallest absolute Gasteiger partial charge is 0.342 e. The maximum atomic E-state index is 12.5. The molecule has 34 heavy (non-hydrogen) atoms. The number of para-hydroxylation sites is 1. The van der Waals surface area contributed by atoms with Crippen LogP contribution in [0.3, 0.4) is 0 Å². The highest BCUT2D eigenvalue weighted by Gasteiger charge is 2.32. The maximum Gasteiger partial charge on any atom is 0.418 e. The van der Waals surface area contributed by atoms with Gasteiger partial charge in [0, 0.05) is 63.8 Å². The predicted molar refractivity (Wildman–Crippen MR) is 132 cm³/mol. The van der Waals surface area contributed by atoms with Crippen molar-refractivity contribution in [2.45, 2.75) is 46.2 Å². The molecule has 1 aromatic heterocycles. The number of piperidine rings is 1. The first-order valence-corrected chi connectivity index (χ1v) is 12.3. The molecule has 2 aromatic rings. The zero-order valence-electron chi connectivity index (χ0n) is 20.9. The van der Waals surface area contributed by atoms with E-state index in [-0.39, 0.29) is 5.52 Å². The lowest BCUT2D eigenvalue weighted by atomic mass is 10.00.